The lowest BCUT2D eigenvalue weighted by Crippen LogP contribution is -2.16. The highest BCUT2D eigenvalue weighted by Crippen LogP contribution is 2.14. The SMILES string of the molecule is CC1=CC=C[N+](=O)C1Cl. The van der Waals surface area contributed by atoms with Gasteiger partial charge in [0.15, 0.2) is 0 Å². The largest absolute Gasteiger partial charge is 0.302 e. The third-order valence-electron chi connectivity index (χ3n) is 1.19. The molecule has 3 heteroatoms. The number of nitrogens with zero attached hydrogens (tertiary/aromatic N) is 1. The van der Waals surface area contributed by atoms with Gasteiger partial charge in [-0.15, -0.1) is 0 Å². The molecule has 0 radical (unpaired) electrons. The van der Waals surface area contributed by atoms with Gasteiger partial charge in [-0.25, -0.2) is 0 Å². The van der Waals surface area contributed by atoms with Gasteiger partial charge < -0.3 is 0 Å². The first kappa shape index (κ1) is 6.49. The number of alkyl halides is 1. The molecule has 0 spiro atoms. The molecule has 0 aromatic carbocycles. The Morgan fingerprint density at radius 2 is 2.44 bits per heavy atom. The van der Waals surface area contributed by atoms with Crippen LogP contribution in [0.4, 0.5) is 0 Å². The lowest BCUT2D eigenvalue weighted by molar-refractivity contribution is -0.489. The molecule has 0 saturated carbocycles. The van der Waals surface area contributed by atoms with Gasteiger partial charge in [-0.05, 0) is 24.6 Å². The standard InChI is InChI=1S/C6H7ClNO/c1-5-3-2-4-8(9)6(5)7/h2-4,6H,1H3/q+1. The normalized spacial score (nSPS) is 26.2. The summed E-state index contributed by atoms with van der Waals surface area (Å²) in [5, 5.41) is 0. The second-order valence-electron chi connectivity index (χ2n) is 1.95. The maximum absolute atomic E-state index is 10.7. The van der Waals surface area contributed by atoms with Crippen LogP contribution in [-0.4, -0.2) is 10.3 Å². The van der Waals surface area contributed by atoms with E-state index in [1.54, 1.807) is 6.08 Å². The Morgan fingerprint density at radius 1 is 1.78 bits per heavy atom. The highest BCUT2D eigenvalue weighted by Gasteiger charge is 2.23. The first-order chi connectivity index (χ1) is 4.22. The minimum atomic E-state index is -0.505. The number of halogens is 1. The van der Waals surface area contributed by atoms with Crippen LogP contribution in [0.2, 0.25) is 0 Å². The quantitative estimate of drug-likeness (QED) is 0.288. The third kappa shape index (κ3) is 1.19. The molecule has 0 aromatic heterocycles. The summed E-state index contributed by atoms with van der Waals surface area (Å²) in [4.78, 5) is 10.7. The molecule has 0 aromatic rings. The molecule has 1 aliphatic rings. The molecule has 48 valence electrons. The second-order valence-corrected chi connectivity index (χ2v) is 2.36. The number of allylic oxidation sites excluding steroid dienone is 2. The van der Waals surface area contributed by atoms with E-state index in [2.05, 4.69) is 0 Å². The van der Waals surface area contributed by atoms with Gasteiger partial charge in [-0.3, -0.25) is 0 Å². The van der Waals surface area contributed by atoms with Crippen LogP contribution in [0.25, 0.3) is 0 Å². The van der Waals surface area contributed by atoms with Crippen LogP contribution in [0.15, 0.2) is 23.9 Å². The maximum Gasteiger partial charge on any atom is 0.302 e. The van der Waals surface area contributed by atoms with Crippen molar-refractivity contribution in [3.8, 4) is 0 Å². The summed E-state index contributed by atoms with van der Waals surface area (Å²) in [5.41, 5.74) is 0.379. The smallest absolute Gasteiger partial charge is 0.0491 e. The summed E-state index contributed by atoms with van der Waals surface area (Å²) in [6.45, 7) is 1.83. The zero-order valence-electron chi connectivity index (χ0n) is 5.04. The predicted molar refractivity (Wildman–Crippen MR) is 36.2 cm³/mol. The summed E-state index contributed by atoms with van der Waals surface area (Å²) in [6, 6.07) is 0. The van der Waals surface area contributed by atoms with Crippen molar-refractivity contribution in [2.45, 2.75) is 12.4 Å². The Bertz CT molecular complexity index is 195. The molecule has 1 rings (SSSR count). The van der Waals surface area contributed by atoms with Crippen LogP contribution in [0.1, 0.15) is 6.92 Å². The fourth-order valence-electron chi connectivity index (χ4n) is 0.635. The molecule has 0 aliphatic carbocycles. The minimum absolute atomic E-state index is 0.505. The lowest BCUT2D eigenvalue weighted by Gasteiger charge is -2.00. The van der Waals surface area contributed by atoms with E-state index in [0.717, 1.165) is 10.3 Å². The molecule has 0 bridgehead atoms. The van der Waals surface area contributed by atoms with E-state index >= 15 is 0 Å². The number of nitroso groups, excluding NO2 is 1. The summed E-state index contributed by atoms with van der Waals surface area (Å²) in [6.07, 6.45) is 4.91. The predicted octanol–water partition coefficient (Wildman–Crippen LogP) is 1.80. The number of hydrogen-bond donors (Lipinski definition) is 0. The van der Waals surface area contributed by atoms with Crippen LogP contribution in [0.5, 0.6) is 0 Å². The fraction of sp³-hybridized carbons (Fsp3) is 0.333. The molecule has 0 saturated heterocycles. The molecular formula is C6H7ClNO+. The highest BCUT2D eigenvalue weighted by molar-refractivity contribution is 6.21. The van der Waals surface area contributed by atoms with Gasteiger partial charge in [0, 0.05) is 16.6 Å². The molecular weight excluding hydrogens is 138 g/mol. The van der Waals surface area contributed by atoms with E-state index in [9.17, 15) is 4.91 Å². The Morgan fingerprint density at radius 3 is 2.89 bits per heavy atom. The van der Waals surface area contributed by atoms with Crippen molar-refractivity contribution in [3.63, 3.8) is 0 Å². The van der Waals surface area contributed by atoms with Gasteiger partial charge in [0.2, 0.25) is 6.20 Å². The summed E-state index contributed by atoms with van der Waals surface area (Å²) in [5.74, 6) is 0. The van der Waals surface area contributed by atoms with Gasteiger partial charge in [0.1, 0.15) is 0 Å². The number of hydrogen-bond acceptors (Lipinski definition) is 1. The molecule has 1 heterocycles. The monoisotopic (exact) mass is 144 g/mol. The first-order valence-electron chi connectivity index (χ1n) is 2.66. The minimum Gasteiger partial charge on any atom is -0.0491 e. The molecule has 1 atom stereocenters. The summed E-state index contributed by atoms with van der Waals surface area (Å²) < 4.78 is 0.719. The highest BCUT2D eigenvalue weighted by atomic mass is 35.5. The van der Waals surface area contributed by atoms with Crippen LogP contribution < -0.4 is 0 Å². The third-order valence-corrected chi connectivity index (χ3v) is 1.73. The van der Waals surface area contributed by atoms with Gasteiger partial charge in [-0.2, -0.15) is 0 Å². The van der Waals surface area contributed by atoms with Gasteiger partial charge in [0.05, 0.1) is 4.76 Å². The van der Waals surface area contributed by atoms with Crippen molar-refractivity contribution in [1.82, 2.24) is 0 Å². The Kier molecular flexibility index (Phi) is 1.67. The van der Waals surface area contributed by atoms with E-state index < -0.39 is 5.50 Å². The van der Waals surface area contributed by atoms with Crippen LogP contribution in [0.3, 0.4) is 0 Å². The Hall–Kier alpha value is -0.630. The van der Waals surface area contributed by atoms with Crippen molar-refractivity contribution < 1.29 is 4.76 Å². The number of rotatable bonds is 0. The summed E-state index contributed by atoms with van der Waals surface area (Å²) in [7, 11) is 0. The van der Waals surface area contributed by atoms with E-state index in [0.29, 0.717) is 0 Å². The second kappa shape index (κ2) is 2.31. The fourth-order valence-corrected chi connectivity index (χ4v) is 0.773. The van der Waals surface area contributed by atoms with Gasteiger partial charge in [-0.1, -0.05) is 0 Å². The summed E-state index contributed by atoms with van der Waals surface area (Å²) >= 11 is 5.61. The molecule has 0 fully saturated rings. The molecule has 1 aliphatic heterocycles. The van der Waals surface area contributed by atoms with E-state index in [1.165, 1.54) is 6.20 Å². The van der Waals surface area contributed by atoms with E-state index in [4.69, 9.17) is 11.6 Å². The van der Waals surface area contributed by atoms with Gasteiger partial charge >= 0.3 is 5.50 Å². The first-order valence-corrected chi connectivity index (χ1v) is 3.10. The van der Waals surface area contributed by atoms with Crippen molar-refractivity contribution in [3.05, 3.63) is 28.8 Å². The zero-order chi connectivity index (χ0) is 6.85. The average Bonchev–Trinajstić information content (AvgIpc) is 1.83. The molecule has 1 unspecified atom stereocenters. The molecule has 0 N–H and O–H groups in total. The molecule has 0 amide bonds. The maximum atomic E-state index is 10.7. The van der Waals surface area contributed by atoms with E-state index in [1.807, 2.05) is 13.0 Å². The van der Waals surface area contributed by atoms with E-state index in [-0.39, 0.29) is 0 Å². The van der Waals surface area contributed by atoms with Crippen LogP contribution >= 0.6 is 11.6 Å². The molecule has 2 nitrogen and oxygen atoms in total. The zero-order valence-corrected chi connectivity index (χ0v) is 5.80. The van der Waals surface area contributed by atoms with Crippen molar-refractivity contribution >= 4 is 11.6 Å². The average molecular weight is 145 g/mol. The van der Waals surface area contributed by atoms with Crippen molar-refractivity contribution in [1.29, 1.82) is 0 Å². The van der Waals surface area contributed by atoms with Crippen LogP contribution in [-0.2, 0) is 0 Å². The van der Waals surface area contributed by atoms with Crippen molar-refractivity contribution in [2.75, 3.05) is 0 Å². The molecule has 9 heavy (non-hydrogen) atoms. The topological polar surface area (TPSA) is 20.1 Å². The van der Waals surface area contributed by atoms with Crippen molar-refractivity contribution in [2.24, 2.45) is 0 Å². The Labute approximate surface area is 58.4 Å². The van der Waals surface area contributed by atoms with Gasteiger partial charge in [0.25, 0.3) is 0 Å². The Balaban J connectivity index is 2.86. The lowest BCUT2D eigenvalue weighted by atomic mass is 10.2. The van der Waals surface area contributed by atoms with Crippen LogP contribution in [0, 0.1) is 4.91 Å².